The van der Waals surface area contributed by atoms with E-state index in [0.717, 1.165) is 5.56 Å². The van der Waals surface area contributed by atoms with Crippen molar-refractivity contribution in [1.82, 2.24) is 25.1 Å². The molecule has 4 aromatic rings. The third-order valence-corrected chi connectivity index (χ3v) is 4.14. The summed E-state index contributed by atoms with van der Waals surface area (Å²) in [5.41, 5.74) is 2.74. The zero-order valence-corrected chi connectivity index (χ0v) is 15.6. The summed E-state index contributed by atoms with van der Waals surface area (Å²) in [5, 5.41) is 12.1. The number of hydrogen-bond donors (Lipinski definition) is 0. The summed E-state index contributed by atoms with van der Waals surface area (Å²) in [7, 11) is 0. The third-order valence-electron chi connectivity index (χ3n) is 4.14. The molecule has 11 heteroatoms. The van der Waals surface area contributed by atoms with E-state index in [1.807, 2.05) is 0 Å². The molecule has 8 nitrogen and oxygen atoms in total. The molecule has 0 spiro atoms. The van der Waals surface area contributed by atoms with Gasteiger partial charge in [0.25, 0.3) is 0 Å². The van der Waals surface area contributed by atoms with Crippen LogP contribution in [0.3, 0.4) is 0 Å². The Bertz CT molecular complexity index is 1200. The Morgan fingerprint density at radius 2 is 1.83 bits per heavy atom. The van der Waals surface area contributed by atoms with Gasteiger partial charge in [0, 0.05) is 5.56 Å². The van der Waals surface area contributed by atoms with Gasteiger partial charge in [0.1, 0.15) is 11.0 Å². The first-order chi connectivity index (χ1) is 14.3. The first-order valence-electron chi connectivity index (χ1n) is 8.85. The number of esters is 1. The van der Waals surface area contributed by atoms with E-state index in [4.69, 9.17) is 4.74 Å². The molecule has 0 unspecified atom stereocenters. The van der Waals surface area contributed by atoms with Gasteiger partial charge in [-0.2, -0.15) is 33.1 Å². The lowest BCUT2D eigenvalue weighted by Gasteiger charge is -2.01. The van der Waals surface area contributed by atoms with Crippen LogP contribution in [0, 0.1) is 0 Å². The molecule has 0 saturated heterocycles. The van der Waals surface area contributed by atoms with Crippen molar-refractivity contribution < 1.29 is 27.2 Å². The molecular formula is C19H14F3N5O3. The molecule has 30 heavy (non-hydrogen) atoms. The summed E-state index contributed by atoms with van der Waals surface area (Å²) in [6.07, 6.45) is -4.69. The van der Waals surface area contributed by atoms with Gasteiger partial charge in [-0.05, 0) is 30.7 Å². The first kappa shape index (κ1) is 19.6. The highest BCUT2D eigenvalue weighted by atomic mass is 19.4. The molecule has 4 rings (SSSR count). The van der Waals surface area contributed by atoms with E-state index >= 15 is 0 Å². The van der Waals surface area contributed by atoms with Gasteiger partial charge in [0.05, 0.1) is 18.7 Å². The van der Waals surface area contributed by atoms with Crippen LogP contribution >= 0.6 is 0 Å². The second-order valence-electron chi connectivity index (χ2n) is 6.27. The van der Waals surface area contributed by atoms with E-state index in [-0.39, 0.29) is 12.4 Å². The maximum atomic E-state index is 12.6. The van der Waals surface area contributed by atoms with Gasteiger partial charge in [-0.3, -0.25) is 0 Å². The van der Waals surface area contributed by atoms with E-state index in [1.165, 1.54) is 4.80 Å². The predicted molar refractivity (Wildman–Crippen MR) is 97.3 cm³/mol. The largest absolute Gasteiger partial charge is 0.471 e. The average molecular weight is 417 g/mol. The minimum absolute atomic E-state index is 0.150. The van der Waals surface area contributed by atoms with Crippen LogP contribution in [0.5, 0.6) is 0 Å². The third kappa shape index (κ3) is 4.00. The molecule has 0 amide bonds. The quantitative estimate of drug-likeness (QED) is 0.457. The summed E-state index contributed by atoms with van der Waals surface area (Å²) in [6.45, 7) is 2.33. The fourth-order valence-corrected chi connectivity index (χ4v) is 2.75. The summed E-state index contributed by atoms with van der Waals surface area (Å²) in [6, 6.07) is 11.5. The van der Waals surface area contributed by atoms with Gasteiger partial charge in [-0.1, -0.05) is 29.4 Å². The topological polar surface area (TPSA) is 95.9 Å². The van der Waals surface area contributed by atoms with Crippen molar-refractivity contribution in [2.75, 3.05) is 6.61 Å². The van der Waals surface area contributed by atoms with Gasteiger partial charge in [0.2, 0.25) is 5.82 Å². The number of benzene rings is 2. The monoisotopic (exact) mass is 417 g/mol. The van der Waals surface area contributed by atoms with E-state index in [0.29, 0.717) is 28.7 Å². The van der Waals surface area contributed by atoms with Gasteiger partial charge >= 0.3 is 18.0 Å². The Balaban J connectivity index is 1.51. The van der Waals surface area contributed by atoms with Gasteiger partial charge in [-0.15, -0.1) is 0 Å². The fourth-order valence-electron chi connectivity index (χ4n) is 2.75. The molecule has 0 aliphatic carbocycles. The van der Waals surface area contributed by atoms with Crippen LogP contribution < -0.4 is 0 Å². The van der Waals surface area contributed by atoms with Crippen LogP contribution in [-0.4, -0.2) is 37.7 Å². The van der Waals surface area contributed by atoms with Crippen LogP contribution in [0.1, 0.15) is 28.7 Å². The Hall–Kier alpha value is -3.76. The van der Waals surface area contributed by atoms with E-state index in [1.54, 1.807) is 49.4 Å². The highest BCUT2D eigenvalue weighted by Gasteiger charge is 2.38. The van der Waals surface area contributed by atoms with Crippen LogP contribution in [0.15, 0.2) is 47.0 Å². The minimum Gasteiger partial charge on any atom is -0.462 e. The lowest BCUT2D eigenvalue weighted by molar-refractivity contribution is -0.159. The zero-order chi connectivity index (χ0) is 21.3. The second-order valence-corrected chi connectivity index (χ2v) is 6.27. The van der Waals surface area contributed by atoms with Crippen LogP contribution in [0.2, 0.25) is 0 Å². The van der Waals surface area contributed by atoms with Crippen molar-refractivity contribution >= 4 is 17.0 Å². The molecular weight excluding hydrogens is 403 g/mol. The number of carbonyl (C=O) groups excluding carboxylic acids is 1. The number of aromatic nitrogens is 5. The number of halogens is 3. The number of nitrogens with zero attached hydrogens (tertiary/aromatic N) is 5. The zero-order valence-electron chi connectivity index (χ0n) is 15.6. The molecule has 2 aromatic carbocycles. The molecule has 0 bridgehead atoms. The Kier molecular flexibility index (Phi) is 4.94. The first-order valence-corrected chi connectivity index (χ1v) is 8.85. The summed E-state index contributed by atoms with van der Waals surface area (Å²) < 4.78 is 47.0. The van der Waals surface area contributed by atoms with E-state index < -0.39 is 18.0 Å². The minimum atomic E-state index is -4.69. The molecule has 0 saturated carbocycles. The Morgan fingerprint density at radius 1 is 1.10 bits per heavy atom. The van der Waals surface area contributed by atoms with Crippen LogP contribution in [0.4, 0.5) is 13.2 Å². The van der Waals surface area contributed by atoms with Crippen molar-refractivity contribution in [3.8, 4) is 11.4 Å². The van der Waals surface area contributed by atoms with Gasteiger partial charge in [-0.25, -0.2) is 4.79 Å². The molecule has 0 fully saturated rings. The molecule has 0 aliphatic rings. The van der Waals surface area contributed by atoms with Gasteiger partial charge in [0.15, 0.2) is 0 Å². The number of hydrogen-bond acceptors (Lipinski definition) is 7. The normalized spacial score (nSPS) is 11.7. The Morgan fingerprint density at radius 3 is 2.50 bits per heavy atom. The molecule has 154 valence electrons. The second kappa shape index (κ2) is 7.58. The smallest absolute Gasteiger partial charge is 0.462 e. The summed E-state index contributed by atoms with van der Waals surface area (Å²) in [5.74, 6) is -1.97. The van der Waals surface area contributed by atoms with Crippen molar-refractivity contribution in [1.29, 1.82) is 0 Å². The highest BCUT2D eigenvalue weighted by molar-refractivity contribution is 5.93. The van der Waals surface area contributed by atoms with Gasteiger partial charge < -0.3 is 9.26 Å². The molecule has 0 aliphatic heterocycles. The van der Waals surface area contributed by atoms with E-state index in [2.05, 4.69) is 24.9 Å². The van der Waals surface area contributed by atoms with Crippen molar-refractivity contribution in [3.63, 3.8) is 0 Å². The summed E-state index contributed by atoms with van der Waals surface area (Å²) in [4.78, 5) is 16.7. The fraction of sp³-hybridized carbons (Fsp3) is 0.211. The van der Waals surface area contributed by atoms with Crippen LogP contribution in [0.25, 0.3) is 22.4 Å². The number of ether oxygens (including phenoxy) is 1. The molecule has 2 heterocycles. The average Bonchev–Trinajstić information content (AvgIpc) is 3.35. The van der Waals surface area contributed by atoms with Crippen molar-refractivity contribution in [3.05, 3.63) is 59.5 Å². The highest BCUT2D eigenvalue weighted by Crippen LogP contribution is 2.29. The molecule has 0 radical (unpaired) electrons. The number of fused-ring (bicyclic) bond motifs is 1. The van der Waals surface area contributed by atoms with E-state index in [9.17, 15) is 18.0 Å². The maximum Gasteiger partial charge on any atom is 0.471 e. The van der Waals surface area contributed by atoms with Crippen molar-refractivity contribution in [2.45, 2.75) is 19.6 Å². The number of alkyl halides is 3. The lowest BCUT2D eigenvalue weighted by atomic mass is 10.1. The maximum absolute atomic E-state index is 12.6. The SMILES string of the molecule is CCOC(=O)c1ccc2nn(Cc3ccc(-c4noc(C(F)(F)F)n4)cc3)nc2c1. The van der Waals surface area contributed by atoms with Crippen molar-refractivity contribution in [2.24, 2.45) is 0 Å². The molecule has 0 atom stereocenters. The standard InChI is InChI=1S/C19H14F3N5O3/c1-2-29-17(28)13-7-8-14-15(9-13)25-27(24-14)10-11-3-5-12(6-4-11)16-23-18(30-26-16)19(20,21)22/h3-9H,2,10H2,1H3. The summed E-state index contributed by atoms with van der Waals surface area (Å²) >= 11 is 0. The predicted octanol–water partition coefficient (Wildman–Crippen LogP) is 3.73. The Labute approximate surface area is 167 Å². The molecule has 2 aromatic heterocycles. The lowest BCUT2D eigenvalue weighted by Crippen LogP contribution is -2.05. The van der Waals surface area contributed by atoms with Crippen LogP contribution in [-0.2, 0) is 17.5 Å². The number of carbonyl (C=O) groups is 1. The molecule has 0 N–H and O–H groups in total. The number of rotatable bonds is 5.